The molecule has 8 nitrogen and oxygen atoms in total. The molecule has 0 aromatic heterocycles. The largest absolute Gasteiger partial charge is 0.477 e. The van der Waals surface area contributed by atoms with Crippen LogP contribution in [-0.2, 0) is 20.9 Å². The summed E-state index contributed by atoms with van der Waals surface area (Å²) < 4.78 is 10.5. The molecule has 31 heavy (non-hydrogen) atoms. The highest BCUT2D eigenvalue weighted by Gasteiger charge is 2.28. The monoisotopic (exact) mass is 432 g/mol. The van der Waals surface area contributed by atoms with Gasteiger partial charge < -0.3 is 19.5 Å². The van der Waals surface area contributed by atoms with Gasteiger partial charge in [-0.25, -0.2) is 14.4 Å². The van der Waals surface area contributed by atoms with Crippen molar-refractivity contribution in [2.75, 3.05) is 13.1 Å². The smallest absolute Gasteiger partial charge is 0.412 e. The van der Waals surface area contributed by atoms with Gasteiger partial charge in [0.1, 0.15) is 17.9 Å². The lowest BCUT2D eigenvalue weighted by Gasteiger charge is -2.33. The highest BCUT2D eigenvalue weighted by Crippen LogP contribution is 2.27. The molecule has 0 radical (unpaired) electrons. The summed E-state index contributed by atoms with van der Waals surface area (Å²) in [5, 5.41) is 11.7. The summed E-state index contributed by atoms with van der Waals surface area (Å²) in [5.41, 5.74) is 0.0102. The minimum Gasteiger partial charge on any atom is -0.477 e. The third-order valence-electron chi connectivity index (χ3n) is 5.04. The van der Waals surface area contributed by atoms with E-state index in [1.54, 1.807) is 31.7 Å². The third-order valence-corrected chi connectivity index (χ3v) is 5.04. The van der Waals surface area contributed by atoms with E-state index in [4.69, 9.17) is 9.47 Å². The zero-order valence-corrected chi connectivity index (χ0v) is 18.6. The Kier molecular flexibility index (Phi) is 8.47. The first-order valence-corrected chi connectivity index (χ1v) is 10.5. The van der Waals surface area contributed by atoms with Crippen molar-refractivity contribution in [1.82, 2.24) is 10.2 Å². The molecule has 0 aliphatic carbocycles. The number of hydrogen-bond acceptors (Lipinski definition) is 5. The molecule has 1 aromatic rings. The van der Waals surface area contributed by atoms with Crippen LogP contribution in [0.2, 0.25) is 0 Å². The SMILES string of the molecule is CC(/C=C(\NC(=O)OC(C)(C)C)C(=O)O)C1CCN(C(=O)OCc2ccccc2)CC1. The van der Waals surface area contributed by atoms with Gasteiger partial charge in [0.25, 0.3) is 0 Å². The third kappa shape index (κ3) is 8.32. The molecule has 0 bridgehead atoms. The molecule has 1 heterocycles. The zero-order valence-electron chi connectivity index (χ0n) is 18.6. The number of ether oxygens (including phenoxy) is 2. The van der Waals surface area contributed by atoms with E-state index in [0.717, 1.165) is 18.4 Å². The van der Waals surface area contributed by atoms with Crippen LogP contribution in [0.25, 0.3) is 0 Å². The van der Waals surface area contributed by atoms with Gasteiger partial charge in [-0.1, -0.05) is 43.3 Å². The van der Waals surface area contributed by atoms with Gasteiger partial charge in [-0.2, -0.15) is 0 Å². The zero-order chi connectivity index (χ0) is 23.0. The van der Waals surface area contributed by atoms with Crippen LogP contribution in [0.5, 0.6) is 0 Å². The predicted octanol–water partition coefficient (Wildman–Crippen LogP) is 4.16. The Morgan fingerprint density at radius 1 is 1.19 bits per heavy atom. The molecule has 0 spiro atoms. The fraction of sp³-hybridized carbons (Fsp3) is 0.522. The molecule has 170 valence electrons. The van der Waals surface area contributed by atoms with E-state index < -0.39 is 17.7 Å². The molecule has 1 fully saturated rings. The van der Waals surface area contributed by atoms with Gasteiger partial charge in [-0.3, -0.25) is 5.32 Å². The summed E-state index contributed by atoms with van der Waals surface area (Å²) in [6.07, 6.45) is 1.84. The minimum absolute atomic E-state index is 0.0940. The molecule has 1 aliphatic heterocycles. The van der Waals surface area contributed by atoms with Crippen molar-refractivity contribution in [2.45, 2.75) is 52.7 Å². The number of rotatable bonds is 6. The number of piperidine rings is 1. The fourth-order valence-corrected chi connectivity index (χ4v) is 3.40. The Balaban J connectivity index is 1.86. The summed E-state index contributed by atoms with van der Waals surface area (Å²) >= 11 is 0. The number of aliphatic carboxylic acids is 1. The number of likely N-dealkylation sites (tertiary alicyclic amines) is 1. The Morgan fingerprint density at radius 3 is 2.35 bits per heavy atom. The van der Waals surface area contributed by atoms with Crippen molar-refractivity contribution in [3.8, 4) is 0 Å². The number of nitrogens with one attached hydrogen (secondary N) is 1. The van der Waals surface area contributed by atoms with Crippen molar-refractivity contribution >= 4 is 18.2 Å². The van der Waals surface area contributed by atoms with E-state index in [9.17, 15) is 19.5 Å². The van der Waals surface area contributed by atoms with Crippen molar-refractivity contribution in [2.24, 2.45) is 11.8 Å². The van der Waals surface area contributed by atoms with Crippen molar-refractivity contribution in [3.63, 3.8) is 0 Å². The van der Waals surface area contributed by atoms with E-state index in [1.807, 2.05) is 37.3 Å². The fourth-order valence-electron chi connectivity index (χ4n) is 3.40. The molecule has 1 unspecified atom stereocenters. The van der Waals surface area contributed by atoms with E-state index >= 15 is 0 Å². The van der Waals surface area contributed by atoms with E-state index in [2.05, 4.69) is 5.32 Å². The second kappa shape index (κ2) is 10.8. The van der Waals surface area contributed by atoms with Gasteiger partial charge >= 0.3 is 18.2 Å². The Morgan fingerprint density at radius 2 is 1.81 bits per heavy atom. The van der Waals surface area contributed by atoms with Crippen LogP contribution < -0.4 is 5.32 Å². The van der Waals surface area contributed by atoms with Crippen LogP contribution in [0.1, 0.15) is 46.1 Å². The van der Waals surface area contributed by atoms with Gasteiger partial charge in [0.05, 0.1) is 0 Å². The molecule has 8 heteroatoms. The van der Waals surface area contributed by atoms with Crippen LogP contribution in [0.4, 0.5) is 9.59 Å². The topological polar surface area (TPSA) is 105 Å². The average Bonchev–Trinajstić information content (AvgIpc) is 2.71. The lowest BCUT2D eigenvalue weighted by atomic mass is 9.85. The van der Waals surface area contributed by atoms with Crippen molar-refractivity contribution in [1.29, 1.82) is 0 Å². The molecule has 1 saturated heterocycles. The number of benzene rings is 1. The van der Waals surface area contributed by atoms with Gasteiger partial charge in [-0.05, 0) is 51.0 Å². The first kappa shape index (κ1) is 24.2. The molecular weight excluding hydrogens is 400 g/mol. The highest BCUT2D eigenvalue weighted by atomic mass is 16.6. The number of amides is 2. The molecule has 1 aromatic carbocycles. The molecule has 0 saturated carbocycles. The standard InChI is InChI=1S/C23H32N2O6/c1-16(14-19(20(26)27)24-21(28)31-23(2,3)4)18-10-12-25(13-11-18)22(29)30-15-17-8-6-5-7-9-17/h5-9,14,16,18H,10-13,15H2,1-4H3,(H,24,28)(H,26,27)/b19-14-. The van der Waals surface area contributed by atoms with E-state index in [-0.39, 0.29) is 30.2 Å². The Bertz CT molecular complexity index is 792. The van der Waals surface area contributed by atoms with E-state index in [1.165, 1.54) is 0 Å². The maximum absolute atomic E-state index is 12.3. The molecule has 2 N–H and O–H groups in total. The molecule has 2 amide bonds. The first-order valence-electron chi connectivity index (χ1n) is 10.5. The van der Waals surface area contributed by atoms with Crippen molar-refractivity contribution < 1.29 is 29.0 Å². The summed E-state index contributed by atoms with van der Waals surface area (Å²) in [5.74, 6) is -1.13. The Hall–Kier alpha value is -3.03. The molecule has 2 rings (SSSR count). The van der Waals surface area contributed by atoms with Crippen LogP contribution in [0.3, 0.4) is 0 Å². The number of allylic oxidation sites excluding steroid dienone is 1. The molecular formula is C23H32N2O6. The lowest BCUT2D eigenvalue weighted by molar-refractivity contribution is -0.133. The predicted molar refractivity (Wildman–Crippen MR) is 115 cm³/mol. The lowest BCUT2D eigenvalue weighted by Crippen LogP contribution is -2.40. The molecule has 1 aliphatic rings. The van der Waals surface area contributed by atoms with Crippen LogP contribution in [-0.4, -0.2) is 46.9 Å². The maximum Gasteiger partial charge on any atom is 0.412 e. The average molecular weight is 433 g/mol. The normalized spacial score (nSPS) is 16.4. The second-order valence-corrected chi connectivity index (χ2v) is 8.74. The van der Waals surface area contributed by atoms with Crippen LogP contribution in [0.15, 0.2) is 42.1 Å². The number of carboxylic acid groups (broad SMARTS) is 1. The van der Waals surface area contributed by atoms with Crippen LogP contribution >= 0.6 is 0 Å². The van der Waals surface area contributed by atoms with Gasteiger partial charge in [0.15, 0.2) is 0 Å². The summed E-state index contributed by atoms with van der Waals surface area (Å²) in [7, 11) is 0. The maximum atomic E-state index is 12.3. The van der Waals surface area contributed by atoms with Gasteiger partial charge in [0.2, 0.25) is 0 Å². The van der Waals surface area contributed by atoms with Crippen molar-refractivity contribution in [3.05, 3.63) is 47.7 Å². The van der Waals surface area contributed by atoms with Gasteiger partial charge in [-0.15, -0.1) is 0 Å². The van der Waals surface area contributed by atoms with Gasteiger partial charge in [0, 0.05) is 13.1 Å². The number of nitrogens with zero attached hydrogens (tertiary/aromatic N) is 1. The number of hydrogen-bond donors (Lipinski definition) is 2. The number of alkyl carbamates (subject to hydrolysis) is 1. The number of carbonyl (C=O) groups excluding carboxylic acids is 2. The van der Waals surface area contributed by atoms with E-state index in [0.29, 0.717) is 13.1 Å². The Labute approximate surface area is 183 Å². The minimum atomic E-state index is -1.22. The molecule has 1 atom stereocenters. The van der Waals surface area contributed by atoms with Crippen LogP contribution in [0, 0.1) is 11.8 Å². The first-order chi connectivity index (χ1) is 14.5. The number of carboxylic acids is 1. The number of carbonyl (C=O) groups is 3. The quantitative estimate of drug-likeness (QED) is 0.654. The summed E-state index contributed by atoms with van der Waals surface area (Å²) in [6, 6.07) is 9.50. The summed E-state index contributed by atoms with van der Waals surface area (Å²) in [4.78, 5) is 37.4. The second-order valence-electron chi connectivity index (χ2n) is 8.74. The summed E-state index contributed by atoms with van der Waals surface area (Å²) in [6.45, 7) is 8.34. The highest BCUT2D eigenvalue weighted by molar-refractivity contribution is 5.90.